The molecule has 4 N–H and O–H groups in total. The van der Waals surface area contributed by atoms with E-state index in [1.54, 1.807) is 13.8 Å². The van der Waals surface area contributed by atoms with E-state index in [1.807, 2.05) is 0 Å². The van der Waals surface area contributed by atoms with Crippen molar-refractivity contribution in [3.8, 4) is 0 Å². The number of hydrogen-bond acceptors (Lipinski definition) is 8. The Labute approximate surface area is 234 Å². The predicted molar refractivity (Wildman–Crippen MR) is 148 cm³/mol. The summed E-state index contributed by atoms with van der Waals surface area (Å²) in [5.74, 6) is -2.57. The first-order valence-corrected chi connectivity index (χ1v) is 13.7. The fraction of sp³-hybridized carbons (Fsp3) is 0.111. The molecule has 3 aromatic carbocycles. The smallest absolute Gasteiger partial charge is 0.338 e. The number of nitrogens with one attached hydrogen (secondary N) is 2. The summed E-state index contributed by atoms with van der Waals surface area (Å²) < 4.78 is 27.9. The Kier molecular flexibility index (Phi) is 8.05. The topological polar surface area (TPSA) is 165 Å². The third kappa shape index (κ3) is 6.20. The van der Waals surface area contributed by atoms with Gasteiger partial charge < -0.3 is 15.4 Å². The van der Waals surface area contributed by atoms with Crippen LogP contribution in [0.2, 0.25) is 0 Å². The minimum Gasteiger partial charge on any atom is -0.459 e. The van der Waals surface area contributed by atoms with Gasteiger partial charge in [-0.1, -0.05) is 17.7 Å². The molecule has 0 saturated carbocycles. The van der Waals surface area contributed by atoms with Gasteiger partial charge in [-0.05, 0) is 80.6 Å². The Bertz CT molecular complexity index is 1650. The summed E-state index contributed by atoms with van der Waals surface area (Å²) in [6.45, 7) is 3.40. The average molecular weight is 583 g/mol. The number of anilines is 3. The standard InChI is InChI=1S/C27H23ClN4O7S/c1-15(2)39-27(36)17-4-3-5-20(14-17)32-25(34)22(28)23(26(32)35)30-18-8-6-16(7-9-18)24(33)31-19-10-12-21(13-11-19)40(29,37)38/h3-15,30H,1-2H3,(H,31,33)(H2,29,37,38). The number of hydrogen-bond donors (Lipinski definition) is 3. The highest BCUT2D eigenvalue weighted by molar-refractivity contribution is 7.89. The summed E-state index contributed by atoms with van der Waals surface area (Å²) in [5, 5.41) is 10.2. The summed E-state index contributed by atoms with van der Waals surface area (Å²) in [5.41, 5.74) is 1.13. The van der Waals surface area contributed by atoms with Crippen molar-refractivity contribution < 1.29 is 32.3 Å². The van der Waals surface area contributed by atoms with Gasteiger partial charge >= 0.3 is 5.97 Å². The molecule has 3 aromatic rings. The first-order valence-electron chi connectivity index (χ1n) is 11.8. The molecule has 40 heavy (non-hydrogen) atoms. The van der Waals surface area contributed by atoms with Crippen LogP contribution >= 0.6 is 11.6 Å². The second kappa shape index (κ2) is 11.3. The molecule has 3 amide bonds. The molecule has 1 aliphatic rings. The zero-order chi connectivity index (χ0) is 29.2. The number of nitrogens with two attached hydrogens (primary N) is 1. The fourth-order valence-corrected chi connectivity index (χ4v) is 4.41. The van der Waals surface area contributed by atoms with Crippen LogP contribution < -0.4 is 20.7 Å². The largest absolute Gasteiger partial charge is 0.459 e. The van der Waals surface area contributed by atoms with Gasteiger partial charge in [-0.3, -0.25) is 14.4 Å². The van der Waals surface area contributed by atoms with E-state index >= 15 is 0 Å². The molecule has 0 fully saturated rings. The zero-order valence-electron chi connectivity index (χ0n) is 21.2. The number of imide groups is 1. The van der Waals surface area contributed by atoms with E-state index in [0.717, 1.165) is 4.90 Å². The van der Waals surface area contributed by atoms with Crippen molar-refractivity contribution in [1.29, 1.82) is 0 Å². The van der Waals surface area contributed by atoms with Gasteiger partial charge in [0.25, 0.3) is 17.7 Å². The molecular formula is C27H23ClN4O7S. The van der Waals surface area contributed by atoms with Gasteiger partial charge in [0.15, 0.2) is 0 Å². The second-order valence-electron chi connectivity index (χ2n) is 8.86. The van der Waals surface area contributed by atoms with Crippen LogP contribution in [0.5, 0.6) is 0 Å². The maximum atomic E-state index is 13.1. The number of amides is 3. The van der Waals surface area contributed by atoms with Crippen LogP contribution in [0, 0.1) is 0 Å². The minimum absolute atomic E-state index is 0.0891. The molecular weight excluding hydrogens is 560 g/mol. The molecule has 0 unspecified atom stereocenters. The first kappa shape index (κ1) is 28.5. The highest BCUT2D eigenvalue weighted by atomic mass is 35.5. The van der Waals surface area contributed by atoms with Crippen molar-refractivity contribution in [3.05, 3.63) is 94.7 Å². The van der Waals surface area contributed by atoms with Gasteiger partial charge in [-0.25, -0.2) is 23.3 Å². The molecule has 4 rings (SSSR count). The zero-order valence-corrected chi connectivity index (χ0v) is 22.7. The Morgan fingerprint density at radius 2 is 1.52 bits per heavy atom. The minimum atomic E-state index is -3.85. The third-order valence-corrected chi connectivity index (χ3v) is 6.85. The predicted octanol–water partition coefficient (Wildman–Crippen LogP) is 3.59. The number of esters is 1. The Balaban J connectivity index is 1.45. The maximum Gasteiger partial charge on any atom is 0.338 e. The quantitative estimate of drug-likeness (QED) is 0.268. The fourth-order valence-electron chi connectivity index (χ4n) is 3.68. The molecule has 0 bridgehead atoms. The summed E-state index contributed by atoms with van der Waals surface area (Å²) in [6, 6.07) is 17.2. The van der Waals surface area contributed by atoms with E-state index in [-0.39, 0.29) is 38.5 Å². The van der Waals surface area contributed by atoms with Crippen LogP contribution in [-0.2, 0) is 24.3 Å². The molecule has 13 heteroatoms. The third-order valence-electron chi connectivity index (χ3n) is 5.57. The van der Waals surface area contributed by atoms with Crippen molar-refractivity contribution in [2.75, 3.05) is 15.5 Å². The lowest BCUT2D eigenvalue weighted by atomic mass is 10.1. The van der Waals surface area contributed by atoms with E-state index in [1.165, 1.54) is 72.8 Å². The van der Waals surface area contributed by atoms with Gasteiger partial charge in [-0.15, -0.1) is 0 Å². The van der Waals surface area contributed by atoms with Crippen LogP contribution in [0.15, 0.2) is 88.4 Å². The van der Waals surface area contributed by atoms with Gasteiger partial charge in [0.1, 0.15) is 10.7 Å². The van der Waals surface area contributed by atoms with Crippen molar-refractivity contribution in [3.63, 3.8) is 0 Å². The number of benzene rings is 3. The number of carbonyl (C=O) groups is 4. The monoisotopic (exact) mass is 582 g/mol. The lowest BCUT2D eigenvalue weighted by Crippen LogP contribution is -2.32. The number of primary sulfonamides is 1. The molecule has 0 radical (unpaired) electrons. The van der Waals surface area contributed by atoms with Gasteiger partial charge in [-0.2, -0.15) is 0 Å². The van der Waals surface area contributed by atoms with Crippen LogP contribution in [0.25, 0.3) is 0 Å². The molecule has 1 aliphatic heterocycles. The Morgan fingerprint density at radius 3 is 2.12 bits per heavy atom. The molecule has 0 spiro atoms. The van der Waals surface area contributed by atoms with E-state index in [2.05, 4.69) is 10.6 Å². The van der Waals surface area contributed by atoms with Gasteiger partial charge in [0.2, 0.25) is 10.0 Å². The first-order chi connectivity index (χ1) is 18.8. The van der Waals surface area contributed by atoms with Crippen LogP contribution in [0.3, 0.4) is 0 Å². The summed E-state index contributed by atoms with van der Waals surface area (Å²) in [4.78, 5) is 51.6. The molecule has 206 valence electrons. The highest BCUT2D eigenvalue weighted by Crippen LogP contribution is 2.31. The highest BCUT2D eigenvalue weighted by Gasteiger charge is 2.39. The summed E-state index contributed by atoms with van der Waals surface area (Å²) in [6.07, 6.45) is -0.348. The summed E-state index contributed by atoms with van der Waals surface area (Å²) >= 11 is 6.20. The Hall–Kier alpha value is -4.52. The van der Waals surface area contributed by atoms with Crippen LogP contribution in [0.4, 0.5) is 17.1 Å². The number of rotatable bonds is 8. The molecule has 0 atom stereocenters. The lowest BCUT2D eigenvalue weighted by molar-refractivity contribution is -0.120. The molecule has 0 aromatic heterocycles. The summed E-state index contributed by atoms with van der Waals surface area (Å²) in [7, 11) is -3.85. The number of nitrogens with zero attached hydrogens (tertiary/aromatic N) is 1. The average Bonchev–Trinajstić information content (AvgIpc) is 3.11. The van der Waals surface area contributed by atoms with E-state index < -0.39 is 33.7 Å². The number of halogens is 1. The molecule has 0 aliphatic carbocycles. The molecule has 1 heterocycles. The van der Waals surface area contributed by atoms with Gasteiger partial charge in [0, 0.05) is 16.9 Å². The van der Waals surface area contributed by atoms with Crippen molar-refractivity contribution in [1.82, 2.24) is 0 Å². The van der Waals surface area contributed by atoms with Gasteiger partial charge in [0.05, 0.1) is 22.3 Å². The number of sulfonamides is 1. The molecule has 11 nitrogen and oxygen atoms in total. The van der Waals surface area contributed by atoms with E-state index in [0.29, 0.717) is 11.4 Å². The second-order valence-corrected chi connectivity index (χ2v) is 10.8. The Morgan fingerprint density at radius 1 is 0.900 bits per heavy atom. The van der Waals surface area contributed by atoms with E-state index in [9.17, 15) is 27.6 Å². The molecule has 0 saturated heterocycles. The lowest BCUT2D eigenvalue weighted by Gasteiger charge is -2.16. The van der Waals surface area contributed by atoms with Crippen molar-refractivity contribution in [2.45, 2.75) is 24.8 Å². The van der Waals surface area contributed by atoms with Crippen molar-refractivity contribution >= 4 is 62.4 Å². The van der Waals surface area contributed by atoms with Crippen molar-refractivity contribution in [2.24, 2.45) is 5.14 Å². The normalized spacial score (nSPS) is 13.6. The van der Waals surface area contributed by atoms with Crippen LogP contribution in [0.1, 0.15) is 34.6 Å². The number of carbonyl (C=O) groups excluding carboxylic acids is 4. The number of ether oxygens (including phenoxy) is 1. The van der Waals surface area contributed by atoms with Crippen LogP contribution in [-0.4, -0.2) is 38.2 Å². The van der Waals surface area contributed by atoms with E-state index in [4.69, 9.17) is 21.5 Å². The SMILES string of the molecule is CC(C)OC(=O)c1cccc(N2C(=O)C(Cl)=C(Nc3ccc(C(=O)Nc4ccc(S(N)(=O)=O)cc4)cc3)C2=O)c1. The maximum absolute atomic E-state index is 13.1.